The topological polar surface area (TPSA) is 0 Å². The fourth-order valence-corrected chi connectivity index (χ4v) is 2.81. The molecule has 0 spiro atoms. The molecule has 0 aliphatic rings. The highest BCUT2D eigenvalue weighted by molar-refractivity contribution is 5.74. The molecule has 0 atom stereocenters. The average molecular weight is 286 g/mol. The highest BCUT2D eigenvalue weighted by Gasteiger charge is 2.05. The first-order chi connectivity index (χ1) is 10.6. The Morgan fingerprint density at radius 1 is 0.591 bits per heavy atom. The lowest BCUT2D eigenvalue weighted by Crippen LogP contribution is -1.88. The van der Waals surface area contributed by atoms with Crippen molar-refractivity contribution in [3.05, 3.63) is 83.9 Å². The molecular formula is C22H22. The van der Waals surface area contributed by atoms with Gasteiger partial charge in [0.05, 0.1) is 0 Å². The van der Waals surface area contributed by atoms with E-state index < -0.39 is 0 Å². The summed E-state index contributed by atoms with van der Waals surface area (Å²) in [6.07, 6.45) is 0. The van der Waals surface area contributed by atoms with Gasteiger partial charge in [-0.05, 0) is 52.3 Å². The van der Waals surface area contributed by atoms with Crippen molar-refractivity contribution < 1.29 is 0 Å². The van der Waals surface area contributed by atoms with Crippen molar-refractivity contribution in [2.45, 2.75) is 26.7 Å². The molecule has 0 nitrogen and oxygen atoms in total. The molecule has 0 heteroatoms. The fraction of sp³-hybridized carbons (Fsp3) is 0.182. The zero-order valence-corrected chi connectivity index (χ0v) is 13.5. The minimum absolute atomic E-state index is 0.575. The second-order valence-corrected chi connectivity index (χ2v) is 6.23. The summed E-state index contributed by atoms with van der Waals surface area (Å²) in [5, 5.41) is 0. The summed E-state index contributed by atoms with van der Waals surface area (Å²) in [5.74, 6) is 0.575. The molecule has 0 aromatic heterocycles. The van der Waals surface area contributed by atoms with Crippen LogP contribution in [0.15, 0.2) is 72.8 Å². The number of rotatable bonds is 3. The summed E-state index contributed by atoms with van der Waals surface area (Å²) in [6.45, 7) is 6.63. The molecule has 0 N–H and O–H groups in total. The molecule has 0 heterocycles. The second-order valence-electron chi connectivity index (χ2n) is 6.23. The van der Waals surface area contributed by atoms with Crippen LogP contribution >= 0.6 is 0 Å². The fourth-order valence-electron chi connectivity index (χ4n) is 2.81. The maximum absolute atomic E-state index is 2.28. The van der Waals surface area contributed by atoms with Crippen molar-refractivity contribution in [3.8, 4) is 22.3 Å². The lowest BCUT2D eigenvalue weighted by atomic mass is 9.95. The van der Waals surface area contributed by atoms with Crippen LogP contribution in [0.2, 0.25) is 0 Å². The largest absolute Gasteiger partial charge is 0.0622 e. The van der Waals surface area contributed by atoms with Crippen molar-refractivity contribution in [2.24, 2.45) is 0 Å². The van der Waals surface area contributed by atoms with Crippen LogP contribution in [-0.2, 0) is 0 Å². The molecule has 0 saturated carbocycles. The van der Waals surface area contributed by atoms with Crippen molar-refractivity contribution in [1.82, 2.24) is 0 Å². The van der Waals surface area contributed by atoms with Gasteiger partial charge in [-0.25, -0.2) is 0 Å². The van der Waals surface area contributed by atoms with Crippen molar-refractivity contribution in [3.63, 3.8) is 0 Å². The van der Waals surface area contributed by atoms with E-state index in [0.29, 0.717) is 5.92 Å². The van der Waals surface area contributed by atoms with E-state index in [4.69, 9.17) is 0 Å². The van der Waals surface area contributed by atoms with Gasteiger partial charge in [0.25, 0.3) is 0 Å². The first-order valence-corrected chi connectivity index (χ1v) is 7.91. The van der Waals surface area contributed by atoms with Gasteiger partial charge in [-0.15, -0.1) is 0 Å². The summed E-state index contributed by atoms with van der Waals surface area (Å²) >= 11 is 0. The van der Waals surface area contributed by atoms with Gasteiger partial charge in [-0.2, -0.15) is 0 Å². The predicted molar refractivity (Wildman–Crippen MR) is 96.1 cm³/mol. The standard InChI is InChI=1S/C22H22/c1-16(2)18-9-11-20(12-10-18)22-14-17(3)13-21(15-22)19-7-5-4-6-8-19/h4-16H,1-3H3. The second kappa shape index (κ2) is 6.19. The molecule has 3 rings (SSSR count). The van der Waals surface area contributed by atoms with Gasteiger partial charge >= 0.3 is 0 Å². The lowest BCUT2D eigenvalue weighted by Gasteiger charge is -2.10. The van der Waals surface area contributed by atoms with Crippen LogP contribution in [0.3, 0.4) is 0 Å². The van der Waals surface area contributed by atoms with Crippen molar-refractivity contribution >= 4 is 0 Å². The molecule has 0 unspecified atom stereocenters. The first kappa shape index (κ1) is 14.6. The molecule has 110 valence electrons. The Hall–Kier alpha value is -2.34. The van der Waals surface area contributed by atoms with E-state index in [2.05, 4.69) is 93.6 Å². The predicted octanol–water partition coefficient (Wildman–Crippen LogP) is 6.45. The molecule has 0 bridgehead atoms. The van der Waals surface area contributed by atoms with E-state index in [1.54, 1.807) is 0 Å². The third-order valence-electron chi connectivity index (χ3n) is 4.10. The Kier molecular flexibility index (Phi) is 4.11. The molecule has 3 aromatic rings. The maximum atomic E-state index is 2.28. The number of hydrogen-bond donors (Lipinski definition) is 0. The minimum Gasteiger partial charge on any atom is -0.0622 e. The molecule has 0 aliphatic carbocycles. The Morgan fingerprint density at radius 3 is 1.68 bits per heavy atom. The van der Waals surface area contributed by atoms with Gasteiger partial charge in [0.1, 0.15) is 0 Å². The third kappa shape index (κ3) is 3.12. The smallest absolute Gasteiger partial charge is 0.0175 e. The van der Waals surface area contributed by atoms with Crippen molar-refractivity contribution in [2.75, 3.05) is 0 Å². The quantitative estimate of drug-likeness (QED) is 0.519. The molecular weight excluding hydrogens is 264 g/mol. The molecule has 0 amide bonds. The molecule has 22 heavy (non-hydrogen) atoms. The third-order valence-corrected chi connectivity index (χ3v) is 4.10. The van der Waals surface area contributed by atoms with Crippen LogP contribution in [0.5, 0.6) is 0 Å². The average Bonchev–Trinajstić information content (AvgIpc) is 2.55. The normalized spacial score (nSPS) is 10.9. The summed E-state index contributed by atoms with van der Waals surface area (Å²) in [4.78, 5) is 0. The Balaban J connectivity index is 2.02. The number of hydrogen-bond acceptors (Lipinski definition) is 0. The minimum atomic E-state index is 0.575. The molecule has 0 aliphatic heterocycles. The van der Waals surface area contributed by atoms with Gasteiger partial charge in [0.2, 0.25) is 0 Å². The van der Waals surface area contributed by atoms with Gasteiger partial charge in [0.15, 0.2) is 0 Å². The van der Waals surface area contributed by atoms with Crippen LogP contribution in [0.4, 0.5) is 0 Å². The monoisotopic (exact) mass is 286 g/mol. The van der Waals surface area contributed by atoms with Gasteiger partial charge in [-0.1, -0.05) is 80.6 Å². The Labute approximate surface area is 133 Å². The Bertz CT molecular complexity index is 750. The van der Waals surface area contributed by atoms with E-state index in [1.165, 1.54) is 33.4 Å². The SMILES string of the molecule is Cc1cc(-c2ccccc2)cc(-c2ccc(C(C)C)cc2)c1. The summed E-state index contributed by atoms with van der Waals surface area (Å²) in [7, 11) is 0. The zero-order chi connectivity index (χ0) is 15.5. The van der Waals surface area contributed by atoms with E-state index >= 15 is 0 Å². The van der Waals surface area contributed by atoms with E-state index in [-0.39, 0.29) is 0 Å². The molecule has 0 saturated heterocycles. The molecule has 3 aromatic carbocycles. The van der Waals surface area contributed by atoms with Gasteiger partial charge in [0, 0.05) is 0 Å². The van der Waals surface area contributed by atoms with E-state index in [0.717, 1.165) is 0 Å². The highest BCUT2D eigenvalue weighted by atomic mass is 14.1. The van der Waals surface area contributed by atoms with Crippen LogP contribution < -0.4 is 0 Å². The molecule has 0 fully saturated rings. The van der Waals surface area contributed by atoms with Crippen LogP contribution in [0.25, 0.3) is 22.3 Å². The number of benzene rings is 3. The van der Waals surface area contributed by atoms with Crippen LogP contribution in [0, 0.1) is 6.92 Å². The highest BCUT2D eigenvalue weighted by Crippen LogP contribution is 2.29. The summed E-state index contributed by atoms with van der Waals surface area (Å²) < 4.78 is 0. The zero-order valence-electron chi connectivity index (χ0n) is 13.5. The maximum Gasteiger partial charge on any atom is -0.0175 e. The van der Waals surface area contributed by atoms with Gasteiger partial charge < -0.3 is 0 Å². The van der Waals surface area contributed by atoms with E-state index in [9.17, 15) is 0 Å². The summed E-state index contributed by atoms with van der Waals surface area (Å²) in [6, 6.07) is 26.3. The molecule has 0 radical (unpaired) electrons. The van der Waals surface area contributed by atoms with Crippen LogP contribution in [-0.4, -0.2) is 0 Å². The first-order valence-electron chi connectivity index (χ1n) is 7.91. The van der Waals surface area contributed by atoms with E-state index in [1.807, 2.05) is 0 Å². The Morgan fingerprint density at radius 2 is 1.14 bits per heavy atom. The summed E-state index contributed by atoms with van der Waals surface area (Å²) in [5.41, 5.74) is 7.80. The van der Waals surface area contributed by atoms with Gasteiger partial charge in [-0.3, -0.25) is 0 Å². The van der Waals surface area contributed by atoms with Crippen LogP contribution in [0.1, 0.15) is 30.9 Å². The number of aryl methyl sites for hydroxylation is 1. The lowest BCUT2D eigenvalue weighted by molar-refractivity contribution is 0.867. The van der Waals surface area contributed by atoms with Crippen molar-refractivity contribution in [1.29, 1.82) is 0 Å².